The van der Waals surface area contributed by atoms with Crippen molar-refractivity contribution in [2.24, 2.45) is 0 Å². The van der Waals surface area contributed by atoms with E-state index in [1.807, 2.05) is 30.3 Å². The maximum Gasteiger partial charge on any atom is 0.159 e. The second kappa shape index (κ2) is 6.24. The standard InChI is InChI=1S/C12H17NO5/c14-6-9-10(15)11(16)12(18-9)13-17-7-8-4-2-1-3-5-8/h1-5,9-16H,6-7H2/t9-,10-,11-,12?/m1/s1. The lowest BCUT2D eigenvalue weighted by atomic mass is 10.1. The number of hydrogen-bond acceptors (Lipinski definition) is 6. The van der Waals surface area contributed by atoms with Gasteiger partial charge in [0.25, 0.3) is 0 Å². The van der Waals surface area contributed by atoms with Crippen molar-refractivity contribution in [3.05, 3.63) is 35.9 Å². The summed E-state index contributed by atoms with van der Waals surface area (Å²) in [7, 11) is 0. The van der Waals surface area contributed by atoms with Crippen molar-refractivity contribution >= 4 is 0 Å². The molecule has 18 heavy (non-hydrogen) atoms. The summed E-state index contributed by atoms with van der Waals surface area (Å²) in [5.41, 5.74) is 3.50. The quantitative estimate of drug-likeness (QED) is 0.512. The Morgan fingerprint density at radius 3 is 2.50 bits per heavy atom. The van der Waals surface area contributed by atoms with E-state index in [1.54, 1.807) is 0 Å². The highest BCUT2D eigenvalue weighted by Gasteiger charge is 2.42. The van der Waals surface area contributed by atoms with Gasteiger partial charge in [-0.05, 0) is 5.56 Å². The van der Waals surface area contributed by atoms with Gasteiger partial charge in [-0.1, -0.05) is 30.3 Å². The molecule has 1 unspecified atom stereocenters. The number of rotatable bonds is 5. The summed E-state index contributed by atoms with van der Waals surface area (Å²) in [6.07, 6.45) is -3.88. The topological polar surface area (TPSA) is 91.2 Å². The predicted octanol–water partition coefficient (Wildman–Crippen LogP) is -0.853. The largest absolute Gasteiger partial charge is 0.394 e. The SMILES string of the molecule is OC[C@H]1OC(NOCc2ccccc2)[C@H](O)[C@@H]1O. The average molecular weight is 255 g/mol. The van der Waals surface area contributed by atoms with Gasteiger partial charge in [0.15, 0.2) is 6.23 Å². The minimum Gasteiger partial charge on any atom is -0.394 e. The highest BCUT2D eigenvalue weighted by molar-refractivity contribution is 5.13. The lowest BCUT2D eigenvalue weighted by Gasteiger charge is -2.16. The van der Waals surface area contributed by atoms with E-state index < -0.39 is 24.5 Å². The molecular formula is C12H17NO5. The first-order valence-electron chi connectivity index (χ1n) is 5.76. The van der Waals surface area contributed by atoms with Crippen LogP contribution in [-0.4, -0.2) is 46.5 Å². The highest BCUT2D eigenvalue weighted by Crippen LogP contribution is 2.19. The van der Waals surface area contributed by atoms with E-state index in [9.17, 15) is 10.2 Å². The van der Waals surface area contributed by atoms with Crippen LogP contribution >= 0.6 is 0 Å². The van der Waals surface area contributed by atoms with Gasteiger partial charge in [0.2, 0.25) is 0 Å². The molecule has 1 aliphatic heterocycles. The van der Waals surface area contributed by atoms with E-state index in [-0.39, 0.29) is 6.61 Å². The zero-order valence-electron chi connectivity index (χ0n) is 9.77. The third-order valence-corrected chi connectivity index (χ3v) is 2.82. The Kier molecular flexibility index (Phi) is 4.65. The Morgan fingerprint density at radius 1 is 1.17 bits per heavy atom. The van der Waals surface area contributed by atoms with E-state index >= 15 is 0 Å². The number of benzene rings is 1. The second-order valence-corrected chi connectivity index (χ2v) is 4.15. The van der Waals surface area contributed by atoms with Crippen LogP contribution in [0.15, 0.2) is 30.3 Å². The number of aliphatic hydroxyl groups excluding tert-OH is 3. The summed E-state index contributed by atoms with van der Waals surface area (Å²) in [5.74, 6) is 0. The number of ether oxygens (including phenoxy) is 1. The van der Waals surface area contributed by atoms with Crippen molar-refractivity contribution in [3.63, 3.8) is 0 Å². The summed E-state index contributed by atoms with van der Waals surface area (Å²) in [4.78, 5) is 5.19. The van der Waals surface area contributed by atoms with Gasteiger partial charge < -0.3 is 20.1 Å². The fourth-order valence-corrected chi connectivity index (χ4v) is 1.78. The third kappa shape index (κ3) is 3.05. The summed E-state index contributed by atoms with van der Waals surface area (Å²) in [5, 5.41) is 28.1. The number of hydrogen-bond donors (Lipinski definition) is 4. The smallest absolute Gasteiger partial charge is 0.159 e. The van der Waals surface area contributed by atoms with Crippen LogP contribution in [0.25, 0.3) is 0 Å². The van der Waals surface area contributed by atoms with Crippen molar-refractivity contribution in [1.82, 2.24) is 5.48 Å². The van der Waals surface area contributed by atoms with Crippen LogP contribution in [0.3, 0.4) is 0 Å². The van der Waals surface area contributed by atoms with Crippen LogP contribution in [0, 0.1) is 0 Å². The molecule has 6 nitrogen and oxygen atoms in total. The molecule has 0 bridgehead atoms. The minimum atomic E-state index is -1.13. The first-order chi connectivity index (χ1) is 8.72. The summed E-state index contributed by atoms with van der Waals surface area (Å²) in [6.45, 7) is -0.0393. The molecule has 100 valence electrons. The zero-order valence-corrected chi connectivity index (χ0v) is 9.77. The van der Waals surface area contributed by atoms with Gasteiger partial charge in [0, 0.05) is 0 Å². The monoisotopic (exact) mass is 255 g/mol. The first-order valence-corrected chi connectivity index (χ1v) is 5.76. The molecule has 0 saturated carbocycles. The molecule has 1 aromatic rings. The van der Waals surface area contributed by atoms with Gasteiger partial charge in [0.1, 0.15) is 18.3 Å². The lowest BCUT2D eigenvalue weighted by molar-refractivity contribution is -0.121. The van der Waals surface area contributed by atoms with Gasteiger partial charge in [-0.15, -0.1) is 0 Å². The predicted molar refractivity (Wildman–Crippen MR) is 62.1 cm³/mol. The molecule has 4 N–H and O–H groups in total. The van der Waals surface area contributed by atoms with Crippen molar-refractivity contribution in [3.8, 4) is 0 Å². The fraction of sp³-hybridized carbons (Fsp3) is 0.500. The first kappa shape index (κ1) is 13.4. The zero-order chi connectivity index (χ0) is 13.0. The molecule has 0 amide bonds. The summed E-state index contributed by atoms with van der Waals surface area (Å²) >= 11 is 0. The van der Waals surface area contributed by atoms with Gasteiger partial charge >= 0.3 is 0 Å². The van der Waals surface area contributed by atoms with Gasteiger partial charge in [-0.25, -0.2) is 0 Å². The Balaban J connectivity index is 1.77. The number of nitrogens with one attached hydrogen (secondary N) is 1. The van der Waals surface area contributed by atoms with E-state index in [1.165, 1.54) is 0 Å². The van der Waals surface area contributed by atoms with Crippen molar-refractivity contribution < 1.29 is 24.9 Å². The van der Waals surface area contributed by atoms with E-state index in [0.29, 0.717) is 6.61 Å². The fourth-order valence-electron chi connectivity index (χ4n) is 1.78. The third-order valence-electron chi connectivity index (χ3n) is 2.82. The normalized spacial score (nSPS) is 31.7. The van der Waals surface area contributed by atoms with Crippen LogP contribution in [0.5, 0.6) is 0 Å². The molecule has 4 atom stereocenters. The Hall–Kier alpha value is -1.02. The second-order valence-electron chi connectivity index (χ2n) is 4.15. The van der Waals surface area contributed by atoms with Gasteiger partial charge in [-0.2, -0.15) is 5.48 Å². The maximum absolute atomic E-state index is 9.63. The highest BCUT2D eigenvalue weighted by atomic mass is 16.7. The maximum atomic E-state index is 9.63. The Morgan fingerprint density at radius 2 is 1.89 bits per heavy atom. The molecule has 0 aliphatic carbocycles. The summed E-state index contributed by atoms with van der Waals surface area (Å²) in [6, 6.07) is 9.50. The molecular weight excluding hydrogens is 238 g/mol. The van der Waals surface area contributed by atoms with Crippen molar-refractivity contribution in [1.29, 1.82) is 0 Å². The summed E-state index contributed by atoms with van der Waals surface area (Å²) < 4.78 is 5.19. The Bertz CT molecular complexity index is 361. The number of aliphatic hydroxyl groups is 3. The molecule has 1 saturated heterocycles. The molecule has 1 fully saturated rings. The molecule has 1 aromatic carbocycles. The van der Waals surface area contributed by atoms with Gasteiger partial charge in [0.05, 0.1) is 13.2 Å². The van der Waals surface area contributed by atoms with Crippen LogP contribution in [0.4, 0.5) is 0 Å². The van der Waals surface area contributed by atoms with Gasteiger partial charge in [-0.3, -0.25) is 4.84 Å². The Labute approximate surface area is 105 Å². The minimum absolute atomic E-state index is 0.313. The lowest BCUT2D eigenvalue weighted by Crippen LogP contribution is -2.40. The van der Waals surface area contributed by atoms with E-state index in [0.717, 1.165) is 5.56 Å². The van der Waals surface area contributed by atoms with Crippen LogP contribution < -0.4 is 5.48 Å². The van der Waals surface area contributed by atoms with Crippen molar-refractivity contribution in [2.75, 3.05) is 6.61 Å². The van der Waals surface area contributed by atoms with Crippen LogP contribution in [-0.2, 0) is 16.2 Å². The van der Waals surface area contributed by atoms with E-state index in [2.05, 4.69) is 5.48 Å². The average Bonchev–Trinajstić information content (AvgIpc) is 2.68. The molecule has 0 aromatic heterocycles. The van der Waals surface area contributed by atoms with Crippen LogP contribution in [0.2, 0.25) is 0 Å². The molecule has 1 aliphatic rings. The molecule has 0 spiro atoms. The molecule has 6 heteroatoms. The van der Waals surface area contributed by atoms with E-state index in [4.69, 9.17) is 14.7 Å². The van der Waals surface area contributed by atoms with Crippen molar-refractivity contribution in [2.45, 2.75) is 31.1 Å². The molecule has 0 radical (unpaired) electrons. The van der Waals surface area contributed by atoms with Crippen LogP contribution in [0.1, 0.15) is 5.56 Å². The molecule has 1 heterocycles. The number of hydroxylamine groups is 1. The molecule has 2 rings (SSSR count).